The normalized spacial score (nSPS) is 12.6. The first kappa shape index (κ1) is 31.4. The van der Waals surface area contributed by atoms with E-state index in [1.807, 2.05) is 20.8 Å². The van der Waals surface area contributed by atoms with Crippen molar-refractivity contribution in [1.29, 1.82) is 0 Å². The van der Waals surface area contributed by atoms with E-state index >= 15 is 0 Å². The molecule has 0 aliphatic heterocycles. The fourth-order valence-electron chi connectivity index (χ4n) is 3.79. The van der Waals surface area contributed by atoms with Gasteiger partial charge in [0.2, 0.25) is 5.91 Å². The number of nitrogens with two attached hydrogens (primary N) is 4. The maximum atomic E-state index is 12.5. The average molecular weight is 482 g/mol. The van der Waals surface area contributed by atoms with Gasteiger partial charge in [0.15, 0.2) is 11.9 Å². The zero-order valence-corrected chi connectivity index (χ0v) is 21.4. The lowest BCUT2D eigenvalue weighted by Crippen LogP contribution is -2.31. The van der Waals surface area contributed by atoms with Crippen LogP contribution in [0.2, 0.25) is 0 Å². The van der Waals surface area contributed by atoms with Gasteiger partial charge in [0, 0.05) is 50.2 Å². The number of carbonyl (C=O) groups is 3. The third-order valence-electron chi connectivity index (χ3n) is 5.75. The number of carbonyl (C=O) groups excluding carboxylic acids is 3. The van der Waals surface area contributed by atoms with Crippen LogP contribution in [0.5, 0.6) is 0 Å². The largest absolute Gasteiger partial charge is 0.370 e. The van der Waals surface area contributed by atoms with Crippen LogP contribution >= 0.6 is 0 Å². The van der Waals surface area contributed by atoms with Crippen LogP contribution in [0, 0.1) is 17.8 Å². The zero-order chi connectivity index (χ0) is 25.9. The molecular formula is C24H47N7O3. The Balaban J connectivity index is 4.21. The van der Waals surface area contributed by atoms with E-state index in [1.54, 1.807) is 0 Å². The molecular weight excluding hydrogens is 434 g/mol. The smallest absolute Gasteiger partial charge is 0.223 e. The Bertz CT molecular complexity index is 669. The third kappa shape index (κ3) is 16.0. The lowest BCUT2D eigenvalue weighted by Gasteiger charge is -2.17. The van der Waals surface area contributed by atoms with Crippen molar-refractivity contribution in [2.75, 3.05) is 19.6 Å². The molecule has 0 saturated heterocycles. The molecule has 0 aromatic carbocycles. The van der Waals surface area contributed by atoms with Crippen molar-refractivity contribution >= 4 is 29.4 Å². The molecule has 196 valence electrons. The summed E-state index contributed by atoms with van der Waals surface area (Å²) in [6.45, 7) is 7.29. The van der Waals surface area contributed by atoms with E-state index in [-0.39, 0.29) is 53.6 Å². The first-order chi connectivity index (χ1) is 16.1. The Kier molecular flexibility index (Phi) is 17.3. The van der Waals surface area contributed by atoms with Crippen LogP contribution in [-0.4, -0.2) is 49.0 Å². The highest BCUT2D eigenvalue weighted by Crippen LogP contribution is 2.19. The maximum absolute atomic E-state index is 12.5. The number of rotatable bonds is 20. The highest BCUT2D eigenvalue weighted by atomic mass is 16.2. The standard InChI is InChI=1S/C24H47N7O3/c1-4-18(10-8-14-30-23(25)26)22(34)29-13-7-5-6-12-20(32)16-19(21(33)17(2)3)11-9-15-31-24(27)28/h17-19H,4-16H2,1-3H3,(H,29,34)(H4,25,26,30)(H4,27,28,31). The van der Waals surface area contributed by atoms with Gasteiger partial charge in [-0.05, 0) is 44.9 Å². The molecule has 0 spiro atoms. The third-order valence-corrected chi connectivity index (χ3v) is 5.75. The van der Waals surface area contributed by atoms with Gasteiger partial charge in [-0.3, -0.25) is 24.4 Å². The number of aliphatic imine (C=N–C) groups is 2. The quantitative estimate of drug-likeness (QED) is 0.0989. The Morgan fingerprint density at radius 2 is 1.35 bits per heavy atom. The van der Waals surface area contributed by atoms with Gasteiger partial charge in [-0.25, -0.2) is 0 Å². The molecule has 0 radical (unpaired) electrons. The molecule has 2 unspecified atom stereocenters. The highest BCUT2D eigenvalue weighted by molar-refractivity contribution is 5.89. The lowest BCUT2D eigenvalue weighted by molar-refractivity contribution is -0.130. The summed E-state index contributed by atoms with van der Waals surface area (Å²) in [4.78, 5) is 45.1. The van der Waals surface area contributed by atoms with Crippen molar-refractivity contribution in [3.05, 3.63) is 0 Å². The molecule has 0 bridgehead atoms. The second-order valence-electron chi connectivity index (χ2n) is 9.10. The summed E-state index contributed by atoms with van der Waals surface area (Å²) in [5, 5.41) is 2.99. The molecule has 34 heavy (non-hydrogen) atoms. The number of hydrogen-bond donors (Lipinski definition) is 5. The van der Waals surface area contributed by atoms with Crippen LogP contribution in [0.3, 0.4) is 0 Å². The van der Waals surface area contributed by atoms with E-state index in [1.165, 1.54) is 0 Å². The number of unbranched alkanes of at least 4 members (excludes halogenated alkanes) is 2. The zero-order valence-electron chi connectivity index (χ0n) is 21.4. The molecule has 2 atom stereocenters. The molecule has 0 fully saturated rings. The first-order valence-electron chi connectivity index (χ1n) is 12.5. The molecule has 9 N–H and O–H groups in total. The van der Waals surface area contributed by atoms with Gasteiger partial charge in [-0.2, -0.15) is 0 Å². The van der Waals surface area contributed by atoms with Crippen molar-refractivity contribution in [2.45, 2.75) is 85.0 Å². The van der Waals surface area contributed by atoms with Crippen molar-refractivity contribution in [3.8, 4) is 0 Å². The van der Waals surface area contributed by atoms with Crippen LogP contribution in [0.4, 0.5) is 0 Å². The van der Waals surface area contributed by atoms with Crippen LogP contribution in [0.25, 0.3) is 0 Å². The number of Topliss-reactive ketones (excluding diaryl/α,β-unsaturated/α-hetero) is 2. The van der Waals surface area contributed by atoms with Crippen LogP contribution in [0.15, 0.2) is 9.98 Å². The number of ketones is 2. The predicted molar refractivity (Wildman–Crippen MR) is 138 cm³/mol. The van der Waals surface area contributed by atoms with E-state index < -0.39 is 0 Å². The van der Waals surface area contributed by atoms with E-state index in [2.05, 4.69) is 15.3 Å². The van der Waals surface area contributed by atoms with Gasteiger partial charge in [0.1, 0.15) is 11.6 Å². The van der Waals surface area contributed by atoms with Crippen LogP contribution < -0.4 is 28.3 Å². The maximum Gasteiger partial charge on any atom is 0.223 e. The second kappa shape index (κ2) is 18.7. The van der Waals surface area contributed by atoms with Gasteiger partial charge < -0.3 is 28.3 Å². The molecule has 0 aliphatic rings. The molecule has 1 amide bonds. The van der Waals surface area contributed by atoms with E-state index in [4.69, 9.17) is 22.9 Å². The van der Waals surface area contributed by atoms with Gasteiger partial charge in [-0.1, -0.05) is 27.2 Å². The fourth-order valence-corrected chi connectivity index (χ4v) is 3.79. The van der Waals surface area contributed by atoms with Crippen molar-refractivity contribution < 1.29 is 14.4 Å². The number of nitrogens with one attached hydrogen (secondary N) is 1. The Labute approximate surface area is 204 Å². The molecule has 0 saturated carbocycles. The number of guanidine groups is 2. The Morgan fingerprint density at radius 3 is 1.85 bits per heavy atom. The molecule has 0 heterocycles. The number of hydrogen-bond acceptors (Lipinski definition) is 5. The molecule has 0 rings (SSSR count). The minimum atomic E-state index is -0.279. The van der Waals surface area contributed by atoms with E-state index in [0.29, 0.717) is 38.9 Å². The minimum absolute atomic E-state index is 0.0343. The molecule has 10 nitrogen and oxygen atoms in total. The topological polar surface area (TPSA) is 192 Å². The van der Waals surface area contributed by atoms with Gasteiger partial charge in [0.25, 0.3) is 0 Å². The minimum Gasteiger partial charge on any atom is -0.370 e. The molecule has 0 aromatic heterocycles. The second-order valence-corrected chi connectivity index (χ2v) is 9.10. The van der Waals surface area contributed by atoms with E-state index in [0.717, 1.165) is 38.5 Å². The van der Waals surface area contributed by atoms with Gasteiger partial charge in [-0.15, -0.1) is 0 Å². The summed E-state index contributed by atoms with van der Waals surface area (Å²) < 4.78 is 0. The predicted octanol–water partition coefficient (Wildman–Crippen LogP) is 1.60. The SMILES string of the molecule is CCC(CCCN=C(N)N)C(=O)NCCCCCC(=O)CC(CCCN=C(N)N)C(=O)C(C)C. The van der Waals surface area contributed by atoms with Gasteiger partial charge in [0.05, 0.1) is 0 Å². The Morgan fingerprint density at radius 1 is 0.794 bits per heavy atom. The average Bonchev–Trinajstić information content (AvgIpc) is 2.77. The van der Waals surface area contributed by atoms with Crippen molar-refractivity contribution in [2.24, 2.45) is 50.7 Å². The summed E-state index contributed by atoms with van der Waals surface area (Å²) in [6, 6.07) is 0. The monoisotopic (exact) mass is 481 g/mol. The van der Waals surface area contributed by atoms with Crippen molar-refractivity contribution in [3.63, 3.8) is 0 Å². The van der Waals surface area contributed by atoms with Gasteiger partial charge >= 0.3 is 0 Å². The number of nitrogens with zero attached hydrogens (tertiary/aromatic N) is 2. The lowest BCUT2D eigenvalue weighted by atomic mass is 9.86. The summed E-state index contributed by atoms with van der Waals surface area (Å²) >= 11 is 0. The first-order valence-corrected chi connectivity index (χ1v) is 12.5. The highest BCUT2D eigenvalue weighted by Gasteiger charge is 2.23. The molecule has 0 aromatic rings. The molecule has 0 aliphatic carbocycles. The summed E-state index contributed by atoms with van der Waals surface area (Å²) in [6.07, 6.45) is 6.69. The fraction of sp³-hybridized carbons (Fsp3) is 0.792. The van der Waals surface area contributed by atoms with Crippen molar-refractivity contribution in [1.82, 2.24) is 5.32 Å². The number of amides is 1. The van der Waals surface area contributed by atoms with Crippen LogP contribution in [-0.2, 0) is 14.4 Å². The summed E-state index contributed by atoms with van der Waals surface area (Å²) in [5.74, 6) is -0.0479. The van der Waals surface area contributed by atoms with E-state index in [9.17, 15) is 14.4 Å². The summed E-state index contributed by atoms with van der Waals surface area (Å²) in [5.41, 5.74) is 21.3. The molecule has 10 heteroatoms. The Hall–Kier alpha value is -2.65. The summed E-state index contributed by atoms with van der Waals surface area (Å²) in [7, 11) is 0. The van der Waals surface area contributed by atoms with Crippen LogP contribution in [0.1, 0.15) is 85.0 Å².